The van der Waals surface area contributed by atoms with Gasteiger partial charge in [-0.15, -0.1) is 0 Å². The lowest BCUT2D eigenvalue weighted by atomic mass is 10.2. The Labute approximate surface area is 118 Å². The van der Waals surface area contributed by atoms with Crippen LogP contribution in [0.1, 0.15) is 20.3 Å². The second-order valence-corrected chi connectivity index (χ2v) is 5.00. The van der Waals surface area contributed by atoms with Crippen LogP contribution in [0.15, 0.2) is 24.3 Å². The van der Waals surface area contributed by atoms with Gasteiger partial charge < -0.3 is 15.3 Å². The van der Waals surface area contributed by atoms with Crippen LogP contribution < -0.4 is 10.2 Å². The molecule has 1 fully saturated rings. The van der Waals surface area contributed by atoms with Crippen molar-refractivity contribution < 1.29 is 14.7 Å². The first-order valence-corrected chi connectivity index (χ1v) is 6.95. The number of carboxylic acids is 1. The summed E-state index contributed by atoms with van der Waals surface area (Å²) >= 11 is 0. The Morgan fingerprint density at radius 3 is 2.25 bits per heavy atom. The molecule has 1 aliphatic rings. The van der Waals surface area contributed by atoms with Crippen LogP contribution >= 0.6 is 0 Å². The molecule has 0 saturated heterocycles. The van der Waals surface area contributed by atoms with Gasteiger partial charge in [0.25, 0.3) is 0 Å². The quantitative estimate of drug-likeness (QED) is 0.835. The van der Waals surface area contributed by atoms with Gasteiger partial charge in [0, 0.05) is 24.5 Å². The highest BCUT2D eigenvalue weighted by Crippen LogP contribution is 2.39. The molecule has 0 aromatic heterocycles. The van der Waals surface area contributed by atoms with Crippen molar-refractivity contribution in [1.29, 1.82) is 0 Å². The van der Waals surface area contributed by atoms with Gasteiger partial charge in [-0.05, 0) is 44.5 Å². The molecule has 1 aliphatic carbocycles. The topological polar surface area (TPSA) is 69.6 Å². The maximum absolute atomic E-state index is 11.8. The number of rotatable bonds is 6. The molecule has 0 heterocycles. The number of carbonyl (C=O) groups excluding carboxylic acids is 1. The third-order valence-electron chi connectivity index (χ3n) is 3.71. The Hall–Kier alpha value is -2.04. The van der Waals surface area contributed by atoms with Crippen molar-refractivity contribution in [2.45, 2.75) is 20.3 Å². The van der Waals surface area contributed by atoms with Crippen LogP contribution in [0.25, 0.3) is 0 Å². The Kier molecular flexibility index (Phi) is 4.27. The lowest BCUT2D eigenvalue weighted by molar-refractivity contribution is -0.139. The normalized spacial score (nSPS) is 20.3. The molecule has 1 saturated carbocycles. The van der Waals surface area contributed by atoms with Crippen molar-refractivity contribution in [3.05, 3.63) is 24.3 Å². The van der Waals surface area contributed by atoms with Crippen LogP contribution in [0.5, 0.6) is 0 Å². The molecule has 5 nitrogen and oxygen atoms in total. The van der Waals surface area contributed by atoms with Crippen LogP contribution in [0.2, 0.25) is 0 Å². The summed E-state index contributed by atoms with van der Waals surface area (Å²) in [5.41, 5.74) is 1.82. The largest absolute Gasteiger partial charge is 0.481 e. The Bertz CT molecular complexity index is 494. The number of nitrogens with zero attached hydrogens (tertiary/aromatic N) is 1. The number of carbonyl (C=O) groups is 2. The second-order valence-electron chi connectivity index (χ2n) is 5.00. The van der Waals surface area contributed by atoms with E-state index in [2.05, 4.69) is 24.1 Å². The van der Waals surface area contributed by atoms with Gasteiger partial charge in [-0.1, -0.05) is 0 Å². The van der Waals surface area contributed by atoms with Crippen LogP contribution in [0.4, 0.5) is 11.4 Å². The van der Waals surface area contributed by atoms with E-state index in [9.17, 15) is 9.59 Å². The van der Waals surface area contributed by atoms with Crippen LogP contribution in [-0.2, 0) is 9.59 Å². The zero-order valence-electron chi connectivity index (χ0n) is 11.8. The molecule has 2 N–H and O–H groups in total. The molecule has 5 heteroatoms. The molecular weight excluding hydrogens is 256 g/mol. The molecule has 0 aliphatic heterocycles. The van der Waals surface area contributed by atoms with Crippen molar-refractivity contribution >= 4 is 23.3 Å². The smallest absolute Gasteiger partial charge is 0.307 e. The summed E-state index contributed by atoms with van der Waals surface area (Å²) in [6.07, 6.45) is 0.443. The van der Waals surface area contributed by atoms with Crippen LogP contribution in [-0.4, -0.2) is 30.1 Å². The standard InChI is InChI=1S/C15H20N2O3/c1-3-17(4-2)11-7-5-10(6-8-11)16-14(18)12-9-13(12)15(19)20/h5-8,12-13H,3-4,9H2,1-2H3,(H,16,18)(H,19,20). The van der Waals surface area contributed by atoms with Crippen LogP contribution in [0, 0.1) is 11.8 Å². The first kappa shape index (κ1) is 14.4. The summed E-state index contributed by atoms with van der Waals surface area (Å²) in [6, 6.07) is 7.63. The molecule has 20 heavy (non-hydrogen) atoms. The summed E-state index contributed by atoms with van der Waals surface area (Å²) in [5, 5.41) is 11.6. The van der Waals surface area contributed by atoms with Gasteiger partial charge in [0.15, 0.2) is 0 Å². The number of carboxylic acid groups (broad SMARTS) is 1. The average Bonchev–Trinajstić information content (AvgIpc) is 3.22. The maximum Gasteiger partial charge on any atom is 0.307 e. The third kappa shape index (κ3) is 3.10. The first-order chi connectivity index (χ1) is 9.56. The molecule has 2 unspecified atom stereocenters. The summed E-state index contributed by atoms with van der Waals surface area (Å²) in [4.78, 5) is 24.8. The van der Waals surface area contributed by atoms with E-state index in [1.807, 2.05) is 24.3 Å². The molecule has 1 aromatic rings. The van der Waals surface area contributed by atoms with E-state index in [-0.39, 0.29) is 11.8 Å². The molecule has 0 bridgehead atoms. The molecular formula is C15H20N2O3. The molecule has 2 rings (SSSR count). The average molecular weight is 276 g/mol. The highest BCUT2D eigenvalue weighted by atomic mass is 16.4. The van der Waals surface area contributed by atoms with Crippen LogP contribution in [0.3, 0.4) is 0 Å². The predicted octanol–water partition coefficient (Wildman–Crippen LogP) is 2.19. The van der Waals surface area contributed by atoms with Gasteiger partial charge in [-0.3, -0.25) is 9.59 Å². The minimum atomic E-state index is -0.887. The number of aliphatic carboxylic acids is 1. The highest BCUT2D eigenvalue weighted by Gasteiger charge is 2.48. The molecule has 0 radical (unpaired) electrons. The zero-order valence-corrected chi connectivity index (χ0v) is 11.8. The summed E-state index contributed by atoms with van der Waals surface area (Å²) < 4.78 is 0. The fourth-order valence-corrected chi connectivity index (χ4v) is 2.34. The fourth-order valence-electron chi connectivity index (χ4n) is 2.34. The van der Waals surface area contributed by atoms with Gasteiger partial charge in [-0.25, -0.2) is 0 Å². The number of nitrogens with one attached hydrogen (secondary N) is 1. The minimum absolute atomic E-state index is 0.201. The number of benzene rings is 1. The van der Waals surface area contributed by atoms with Crippen molar-refractivity contribution in [1.82, 2.24) is 0 Å². The van der Waals surface area contributed by atoms with Crippen molar-refractivity contribution in [3.8, 4) is 0 Å². The molecule has 1 amide bonds. The van der Waals surface area contributed by atoms with E-state index in [0.717, 1.165) is 18.8 Å². The predicted molar refractivity (Wildman–Crippen MR) is 77.9 cm³/mol. The van der Waals surface area contributed by atoms with E-state index < -0.39 is 11.9 Å². The molecule has 0 spiro atoms. The van der Waals surface area contributed by atoms with Gasteiger partial charge in [0.1, 0.15) is 0 Å². The number of hydrogen-bond acceptors (Lipinski definition) is 3. The lowest BCUT2D eigenvalue weighted by Crippen LogP contribution is -2.21. The lowest BCUT2D eigenvalue weighted by Gasteiger charge is -2.21. The van der Waals surface area contributed by atoms with Crippen molar-refractivity contribution in [3.63, 3.8) is 0 Å². The monoisotopic (exact) mass is 276 g/mol. The van der Waals surface area contributed by atoms with Gasteiger partial charge >= 0.3 is 5.97 Å². The van der Waals surface area contributed by atoms with E-state index in [1.54, 1.807) is 0 Å². The summed E-state index contributed by atoms with van der Waals surface area (Å²) in [6.45, 7) is 6.06. The maximum atomic E-state index is 11.8. The first-order valence-electron chi connectivity index (χ1n) is 6.95. The minimum Gasteiger partial charge on any atom is -0.481 e. The van der Waals surface area contributed by atoms with E-state index >= 15 is 0 Å². The Balaban J connectivity index is 1.94. The number of hydrogen-bond donors (Lipinski definition) is 2. The highest BCUT2D eigenvalue weighted by molar-refractivity contribution is 5.98. The summed E-state index contributed by atoms with van der Waals surface area (Å²) in [5.74, 6) is -1.98. The molecule has 108 valence electrons. The second kappa shape index (κ2) is 5.94. The Morgan fingerprint density at radius 2 is 1.80 bits per heavy atom. The van der Waals surface area contributed by atoms with Crippen molar-refractivity contribution in [2.75, 3.05) is 23.3 Å². The van der Waals surface area contributed by atoms with E-state index in [1.165, 1.54) is 0 Å². The fraction of sp³-hybridized carbons (Fsp3) is 0.467. The van der Waals surface area contributed by atoms with Gasteiger partial charge in [0.05, 0.1) is 11.8 Å². The summed E-state index contributed by atoms with van der Waals surface area (Å²) in [7, 11) is 0. The number of anilines is 2. The number of amides is 1. The molecule has 2 atom stereocenters. The van der Waals surface area contributed by atoms with E-state index in [0.29, 0.717) is 12.1 Å². The molecule has 1 aromatic carbocycles. The third-order valence-corrected chi connectivity index (χ3v) is 3.71. The SMILES string of the molecule is CCN(CC)c1ccc(NC(=O)C2CC2C(=O)O)cc1. The van der Waals surface area contributed by atoms with Gasteiger partial charge in [0.2, 0.25) is 5.91 Å². The Morgan fingerprint density at radius 1 is 1.20 bits per heavy atom. The van der Waals surface area contributed by atoms with Gasteiger partial charge in [-0.2, -0.15) is 0 Å². The van der Waals surface area contributed by atoms with E-state index in [4.69, 9.17) is 5.11 Å². The van der Waals surface area contributed by atoms with Crippen molar-refractivity contribution in [2.24, 2.45) is 11.8 Å². The zero-order chi connectivity index (χ0) is 14.7.